The molecule has 0 saturated carbocycles. The van der Waals surface area contributed by atoms with Crippen LogP contribution >= 0.6 is 0 Å². The van der Waals surface area contributed by atoms with Gasteiger partial charge in [-0.3, -0.25) is 19.2 Å². The minimum Gasteiger partial charge on any atom is -0.494 e. The first-order chi connectivity index (χ1) is 15.9. The Hall–Kier alpha value is -3.88. The standard InChI is InChI=1S/C24H27N3O6/c1-32-24(31)15-25-23(30)13-16-4-7-18(8-5-16)26-21(28)3-2-12-33-19-9-10-20-17(14-19)6-11-22(29)27-20/h4-5,7-10,14H,2-3,6,11-13,15H2,1H3,(H,25,30)(H,26,28)(H,27,29). The molecule has 3 N–H and O–H groups in total. The highest BCUT2D eigenvalue weighted by atomic mass is 16.5. The molecule has 0 radical (unpaired) electrons. The summed E-state index contributed by atoms with van der Waals surface area (Å²) in [6.07, 6.45) is 2.15. The van der Waals surface area contributed by atoms with Gasteiger partial charge in [-0.25, -0.2) is 0 Å². The SMILES string of the molecule is COC(=O)CNC(=O)Cc1ccc(NC(=O)CCCOc2ccc3c(c2)CCC(=O)N3)cc1. The third-order valence-electron chi connectivity index (χ3n) is 5.05. The van der Waals surface area contributed by atoms with Crippen LogP contribution in [0, 0.1) is 0 Å². The lowest BCUT2D eigenvalue weighted by Crippen LogP contribution is -2.31. The molecule has 0 bridgehead atoms. The number of aryl methyl sites for hydroxylation is 1. The summed E-state index contributed by atoms with van der Waals surface area (Å²) in [5.74, 6) is -0.185. The molecule has 9 nitrogen and oxygen atoms in total. The highest BCUT2D eigenvalue weighted by molar-refractivity contribution is 5.94. The first-order valence-electron chi connectivity index (χ1n) is 10.7. The van der Waals surface area contributed by atoms with Gasteiger partial charge in [-0.2, -0.15) is 0 Å². The molecule has 0 unspecified atom stereocenters. The third kappa shape index (κ3) is 7.64. The molecular formula is C24H27N3O6. The molecular weight excluding hydrogens is 426 g/mol. The number of hydrogen-bond acceptors (Lipinski definition) is 6. The van der Waals surface area contributed by atoms with E-state index in [0.717, 1.165) is 22.6 Å². The molecule has 33 heavy (non-hydrogen) atoms. The Balaban J connectivity index is 1.35. The van der Waals surface area contributed by atoms with Crippen molar-refractivity contribution < 1.29 is 28.7 Å². The Bertz CT molecular complexity index is 1020. The van der Waals surface area contributed by atoms with Gasteiger partial charge in [0.25, 0.3) is 0 Å². The number of anilines is 2. The van der Waals surface area contributed by atoms with Crippen LogP contribution in [-0.2, 0) is 36.8 Å². The average Bonchev–Trinajstić information content (AvgIpc) is 2.81. The van der Waals surface area contributed by atoms with E-state index < -0.39 is 5.97 Å². The van der Waals surface area contributed by atoms with Crippen molar-refractivity contribution in [1.29, 1.82) is 0 Å². The van der Waals surface area contributed by atoms with E-state index in [4.69, 9.17) is 4.74 Å². The molecule has 1 heterocycles. The molecule has 1 aliphatic rings. The molecule has 0 spiro atoms. The number of esters is 1. The van der Waals surface area contributed by atoms with Gasteiger partial charge < -0.3 is 25.4 Å². The van der Waals surface area contributed by atoms with E-state index >= 15 is 0 Å². The quantitative estimate of drug-likeness (QED) is 0.374. The number of methoxy groups -OCH3 is 1. The van der Waals surface area contributed by atoms with Crippen LogP contribution in [0.25, 0.3) is 0 Å². The number of carbonyl (C=O) groups excluding carboxylic acids is 4. The summed E-state index contributed by atoms with van der Waals surface area (Å²) in [7, 11) is 1.26. The maximum Gasteiger partial charge on any atom is 0.325 e. The molecule has 1 aliphatic heterocycles. The van der Waals surface area contributed by atoms with Crippen LogP contribution in [0.15, 0.2) is 42.5 Å². The minimum atomic E-state index is -0.510. The summed E-state index contributed by atoms with van der Waals surface area (Å²) in [5, 5.41) is 8.12. The number of carbonyl (C=O) groups is 4. The third-order valence-corrected chi connectivity index (χ3v) is 5.05. The zero-order chi connectivity index (χ0) is 23.6. The normalized spacial score (nSPS) is 12.2. The number of nitrogens with one attached hydrogen (secondary N) is 3. The summed E-state index contributed by atoms with van der Waals surface area (Å²) in [6, 6.07) is 12.5. The number of fused-ring (bicyclic) bond motifs is 1. The molecule has 0 aromatic heterocycles. The van der Waals surface area contributed by atoms with Crippen molar-refractivity contribution in [2.75, 3.05) is 30.9 Å². The Kier molecular flexibility index (Phi) is 8.40. The summed E-state index contributed by atoms with van der Waals surface area (Å²) >= 11 is 0. The lowest BCUT2D eigenvalue weighted by Gasteiger charge is -2.17. The molecule has 2 aromatic carbocycles. The van der Waals surface area contributed by atoms with E-state index in [1.54, 1.807) is 24.3 Å². The Morgan fingerprint density at radius 2 is 1.82 bits per heavy atom. The largest absolute Gasteiger partial charge is 0.494 e. The first kappa shape index (κ1) is 23.8. The van der Waals surface area contributed by atoms with Crippen molar-refractivity contribution in [2.45, 2.75) is 32.1 Å². The van der Waals surface area contributed by atoms with E-state index in [-0.39, 0.29) is 30.7 Å². The van der Waals surface area contributed by atoms with Crippen LogP contribution in [0.5, 0.6) is 5.75 Å². The van der Waals surface area contributed by atoms with Crippen molar-refractivity contribution in [3.05, 3.63) is 53.6 Å². The number of rotatable bonds is 10. The van der Waals surface area contributed by atoms with E-state index in [1.165, 1.54) is 7.11 Å². The van der Waals surface area contributed by atoms with Gasteiger partial charge in [-0.05, 0) is 54.3 Å². The molecule has 0 fully saturated rings. The highest BCUT2D eigenvalue weighted by Gasteiger charge is 2.15. The lowest BCUT2D eigenvalue weighted by atomic mass is 10.0. The summed E-state index contributed by atoms with van der Waals surface area (Å²) in [4.78, 5) is 46.4. The average molecular weight is 453 g/mol. The monoisotopic (exact) mass is 453 g/mol. The second-order valence-corrected chi connectivity index (χ2v) is 7.59. The maximum absolute atomic E-state index is 12.2. The zero-order valence-electron chi connectivity index (χ0n) is 18.4. The second-order valence-electron chi connectivity index (χ2n) is 7.59. The van der Waals surface area contributed by atoms with Crippen LogP contribution in [0.4, 0.5) is 11.4 Å². The van der Waals surface area contributed by atoms with Crippen LogP contribution in [0.2, 0.25) is 0 Å². The lowest BCUT2D eigenvalue weighted by molar-refractivity contribution is -0.141. The van der Waals surface area contributed by atoms with E-state index in [2.05, 4.69) is 20.7 Å². The Labute approximate surface area is 191 Å². The van der Waals surface area contributed by atoms with Gasteiger partial charge in [0.05, 0.1) is 20.1 Å². The Morgan fingerprint density at radius 1 is 1.03 bits per heavy atom. The Morgan fingerprint density at radius 3 is 2.58 bits per heavy atom. The van der Waals surface area contributed by atoms with Gasteiger partial charge in [0.1, 0.15) is 12.3 Å². The highest BCUT2D eigenvalue weighted by Crippen LogP contribution is 2.26. The van der Waals surface area contributed by atoms with Crippen molar-refractivity contribution in [1.82, 2.24) is 5.32 Å². The molecule has 174 valence electrons. The second kappa shape index (κ2) is 11.7. The minimum absolute atomic E-state index is 0.0259. The molecule has 3 rings (SSSR count). The van der Waals surface area contributed by atoms with Gasteiger partial charge in [0, 0.05) is 24.2 Å². The van der Waals surface area contributed by atoms with Crippen molar-refractivity contribution >= 4 is 35.1 Å². The van der Waals surface area contributed by atoms with Crippen molar-refractivity contribution in [3.63, 3.8) is 0 Å². The molecule has 9 heteroatoms. The molecule has 0 aliphatic carbocycles. The van der Waals surface area contributed by atoms with Crippen LogP contribution in [0.1, 0.15) is 30.4 Å². The predicted octanol–water partition coefficient (Wildman–Crippen LogP) is 2.20. The summed E-state index contributed by atoms with van der Waals surface area (Å²) < 4.78 is 10.2. The van der Waals surface area contributed by atoms with Gasteiger partial charge in [0.15, 0.2) is 0 Å². The number of benzene rings is 2. The van der Waals surface area contributed by atoms with Gasteiger partial charge >= 0.3 is 5.97 Å². The van der Waals surface area contributed by atoms with Gasteiger partial charge in [-0.1, -0.05) is 12.1 Å². The van der Waals surface area contributed by atoms with Crippen molar-refractivity contribution in [2.24, 2.45) is 0 Å². The molecule has 3 amide bonds. The van der Waals surface area contributed by atoms with Crippen LogP contribution < -0.4 is 20.7 Å². The van der Waals surface area contributed by atoms with E-state index in [9.17, 15) is 19.2 Å². The van der Waals surface area contributed by atoms with Crippen molar-refractivity contribution in [3.8, 4) is 5.75 Å². The number of ether oxygens (including phenoxy) is 2. The number of amides is 3. The molecule has 0 atom stereocenters. The smallest absolute Gasteiger partial charge is 0.325 e. The van der Waals surface area contributed by atoms with Gasteiger partial charge in [-0.15, -0.1) is 0 Å². The topological polar surface area (TPSA) is 123 Å². The van der Waals surface area contributed by atoms with Crippen LogP contribution in [0.3, 0.4) is 0 Å². The van der Waals surface area contributed by atoms with Crippen LogP contribution in [-0.4, -0.2) is 44.0 Å². The predicted molar refractivity (Wildman–Crippen MR) is 122 cm³/mol. The van der Waals surface area contributed by atoms with Gasteiger partial charge in [0.2, 0.25) is 17.7 Å². The zero-order valence-corrected chi connectivity index (χ0v) is 18.4. The maximum atomic E-state index is 12.2. The van der Waals surface area contributed by atoms with E-state index in [0.29, 0.717) is 38.0 Å². The molecule has 2 aromatic rings. The first-order valence-corrected chi connectivity index (χ1v) is 10.7. The summed E-state index contributed by atoms with van der Waals surface area (Å²) in [6.45, 7) is 0.232. The summed E-state index contributed by atoms with van der Waals surface area (Å²) in [5.41, 5.74) is 3.27. The fraction of sp³-hybridized carbons (Fsp3) is 0.333. The number of hydrogen-bond donors (Lipinski definition) is 3. The molecule has 0 saturated heterocycles. The fourth-order valence-corrected chi connectivity index (χ4v) is 3.29. The fourth-order valence-electron chi connectivity index (χ4n) is 3.29. The van der Waals surface area contributed by atoms with E-state index in [1.807, 2.05) is 18.2 Å².